The van der Waals surface area contributed by atoms with Gasteiger partial charge < -0.3 is 14.8 Å². The number of morpholine rings is 1. The van der Waals surface area contributed by atoms with Gasteiger partial charge in [0.25, 0.3) is 5.91 Å². The van der Waals surface area contributed by atoms with Crippen LogP contribution in [0.2, 0.25) is 5.02 Å². The van der Waals surface area contributed by atoms with Crippen LogP contribution >= 0.6 is 11.6 Å². The molecule has 0 spiro atoms. The van der Waals surface area contributed by atoms with Crippen molar-refractivity contribution in [1.29, 1.82) is 0 Å². The Morgan fingerprint density at radius 1 is 1.12 bits per heavy atom. The van der Waals surface area contributed by atoms with Crippen molar-refractivity contribution in [3.63, 3.8) is 0 Å². The highest BCUT2D eigenvalue weighted by atomic mass is 35.5. The number of rotatable bonds is 6. The molecule has 9 nitrogen and oxygen atoms in total. The number of benzene rings is 2. The summed E-state index contributed by atoms with van der Waals surface area (Å²) in [5.74, 6) is -0.614. The highest BCUT2D eigenvalue weighted by molar-refractivity contribution is 7.89. The Hall–Kier alpha value is -2.66. The Morgan fingerprint density at radius 3 is 2.52 bits per heavy atom. The average Bonchev–Trinajstić information content (AvgIpc) is 3.09. The summed E-state index contributed by atoms with van der Waals surface area (Å²) in [5.41, 5.74) is 1.62. The molecule has 11 heteroatoms. The predicted molar refractivity (Wildman–Crippen MR) is 123 cm³/mol. The topological polar surface area (TPSA) is 105 Å². The molecule has 1 atom stereocenters. The molecule has 0 unspecified atom stereocenters. The summed E-state index contributed by atoms with van der Waals surface area (Å²) in [5, 5.41) is 3.46. The van der Waals surface area contributed by atoms with Gasteiger partial charge in [0, 0.05) is 23.8 Å². The summed E-state index contributed by atoms with van der Waals surface area (Å²) in [6.45, 7) is 2.95. The van der Waals surface area contributed by atoms with Crippen LogP contribution in [0.25, 0.3) is 0 Å². The predicted octanol–water partition coefficient (Wildman–Crippen LogP) is 2.42. The highest BCUT2D eigenvalue weighted by Crippen LogP contribution is 2.32. The fourth-order valence-electron chi connectivity index (χ4n) is 3.83. The van der Waals surface area contributed by atoms with E-state index >= 15 is 0 Å². The molecule has 0 radical (unpaired) electrons. The van der Waals surface area contributed by atoms with Crippen molar-refractivity contribution in [1.82, 2.24) is 4.31 Å². The Labute approximate surface area is 197 Å². The number of carbonyl (C=O) groups excluding carboxylic acids is 2. The first-order chi connectivity index (χ1) is 15.7. The van der Waals surface area contributed by atoms with E-state index in [1.54, 1.807) is 24.3 Å². The molecular formula is C22H24ClN3O6S. The number of amides is 2. The summed E-state index contributed by atoms with van der Waals surface area (Å²) in [7, 11) is -2.44. The number of halogens is 1. The average molecular weight is 494 g/mol. The van der Waals surface area contributed by atoms with E-state index in [1.165, 1.54) is 23.5 Å². The maximum Gasteiger partial charge on any atom is 0.256 e. The molecule has 2 aromatic carbocycles. The first kappa shape index (κ1) is 23.5. The molecule has 2 saturated heterocycles. The van der Waals surface area contributed by atoms with Gasteiger partial charge in [0.05, 0.1) is 32.4 Å². The van der Waals surface area contributed by atoms with E-state index in [1.807, 2.05) is 6.92 Å². The lowest BCUT2D eigenvalue weighted by Gasteiger charge is -2.27. The summed E-state index contributed by atoms with van der Waals surface area (Å²) in [6.07, 6.45) is -0.0676. The van der Waals surface area contributed by atoms with Crippen LogP contribution in [0, 0.1) is 6.92 Å². The van der Waals surface area contributed by atoms with Gasteiger partial charge >= 0.3 is 0 Å². The standard InChI is InChI=1S/C22H24ClN3O6S/c1-14-3-5-16(12-17(14)23)26-21(27)13-18(22(26)28)24-15-4-6-19(31-2)20(11-15)33(29,30)25-7-9-32-10-8-25/h3-6,11-12,18,24H,7-10,13H2,1-2H3/t18-/m0/s1. The van der Waals surface area contributed by atoms with E-state index < -0.39 is 22.0 Å². The van der Waals surface area contributed by atoms with Gasteiger partial charge in [0.2, 0.25) is 15.9 Å². The van der Waals surface area contributed by atoms with Crippen molar-refractivity contribution in [2.24, 2.45) is 0 Å². The van der Waals surface area contributed by atoms with E-state index in [9.17, 15) is 18.0 Å². The SMILES string of the molecule is COc1ccc(N[C@H]2CC(=O)N(c3ccc(C)c(Cl)c3)C2=O)cc1S(=O)(=O)N1CCOCC1. The van der Waals surface area contributed by atoms with Gasteiger partial charge in [0.1, 0.15) is 16.7 Å². The van der Waals surface area contributed by atoms with Crippen LogP contribution in [0.3, 0.4) is 0 Å². The lowest BCUT2D eigenvalue weighted by Crippen LogP contribution is -2.40. The molecule has 0 saturated carbocycles. The second-order valence-electron chi connectivity index (χ2n) is 7.78. The number of carbonyl (C=O) groups is 2. The van der Waals surface area contributed by atoms with Crippen LogP contribution in [0.5, 0.6) is 5.75 Å². The molecule has 0 aliphatic carbocycles. The van der Waals surface area contributed by atoms with Crippen LogP contribution in [0.4, 0.5) is 11.4 Å². The molecule has 176 valence electrons. The lowest BCUT2D eigenvalue weighted by atomic mass is 10.2. The van der Waals surface area contributed by atoms with E-state index in [2.05, 4.69) is 5.32 Å². The van der Waals surface area contributed by atoms with Crippen LogP contribution in [0.1, 0.15) is 12.0 Å². The molecule has 33 heavy (non-hydrogen) atoms. The van der Waals surface area contributed by atoms with E-state index in [0.717, 1.165) is 10.5 Å². The van der Waals surface area contributed by atoms with Crippen LogP contribution in [-0.4, -0.2) is 64.0 Å². The Kier molecular flexibility index (Phi) is 6.62. The number of sulfonamides is 1. The lowest BCUT2D eigenvalue weighted by molar-refractivity contribution is -0.121. The fourth-order valence-corrected chi connectivity index (χ4v) is 5.60. The minimum atomic E-state index is -3.84. The maximum atomic E-state index is 13.2. The van der Waals surface area contributed by atoms with Gasteiger partial charge in [-0.3, -0.25) is 9.59 Å². The highest BCUT2D eigenvalue weighted by Gasteiger charge is 2.40. The van der Waals surface area contributed by atoms with Gasteiger partial charge in [-0.05, 0) is 42.8 Å². The zero-order valence-electron chi connectivity index (χ0n) is 18.2. The molecule has 2 aliphatic rings. The second kappa shape index (κ2) is 9.30. The van der Waals surface area contributed by atoms with E-state index in [-0.39, 0.29) is 36.1 Å². The molecule has 0 aromatic heterocycles. The minimum Gasteiger partial charge on any atom is -0.495 e. The first-order valence-corrected chi connectivity index (χ1v) is 12.2. The smallest absolute Gasteiger partial charge is 0.256 e. The molecule has 4 rings (SSSR count). The van der Waals surface area contributed by atoms with Gasteiger partial charge in [-0.15, -0.1) is 0 Å². The Balaban J connectivity index is 1.59. The summed E-state index contributed by atoms with van der Waals surface area (Å²) < 4.78 is 38.2. The number of methoxy groups -OCH3 is 1. The quantitative estimate of drug-likeness (QED) is 0.616. The molecule has 2 amide bonds. The summed E-state index contributed by atoms with van der Waals surface area (Å²) in [4.78, 5) is 26.7. The first-order valence-electron chi connectivity index (χ1n) is 10.4. The van der Waals surface area contributed by atoms with Gasteiger partial charge in [0.15, 0.2) is 0 Å². The number of imide groups is 1. The number of hydrogen-bond donors (Lipinski definition) is 1. The van der Waals surface area contributed by atoms with Gasteiger partial charge in [-0.25, -0.2) is 13.3 Å². The van der Waals surface area contributed by atoms with Crippen LogP contribution in [-0.2, 0) is 24.3 Å². The number of aryl methyl sites for hydroxylation is 1. The molecule has 2 fully saturated rings. The molecule has 1 N–H and O–H groups in total. The third kappa shape index (κ3) is 4.56. The second-order valence-corrected chi connectivity index (χ2v) is 10.1. The molecule has 2 aromatic rings. The molecular weight excluding hydrogens is 470 g/mol. The number of nitrogens with one attached hydrogen (secondary N) is 1. The summed E-state index contributed by atoms with van der Waals surface area (Å²) in [6, 6.07) is 8.70. The monoisotopic (exact) mass is 493 g/mol. The van der Waals surface area contributed by atoms with Crippen molar-refractivity contribution in [3.05, 3.63) is 47.0 Å². The third-order valence-corrected chi connectivity index (χ3v) is 7.98. The van der Waals surface area contributed by atoms with Crippen molar-refractivity contribution < 1.29 is 27.5 Å². The van der Waals surface area contributed by atoms with Gasteiger partial charge in [-0.2, -0.15) is 4.31 Å². The minimum absolute atomic E-state index is 0.0177. The van der Waals surface area contributed by atoms with E-state index in [0.29, 0.717) is 29.6 Å². The number of nitrogens with zero attached hydrogens (tertiary/aromatic N) is 2. The number of ether oxygens (including phenoxy) is 2. The van der Waals surface area contributed by atoms with Crippen molar-refractivity contribution in [2.75, 3.05) is 43.6 Å². The number of hydrogen-bond acceptors (Lipinski definition) is 7. The fraction of sp³-hybridized carbons (Fsp3) is 0.364. The van der Waals surface area contributed by atoms with Crippen LogP contribution < -0.4 is 15.0 Å². The normalized spacial score (nSPS) is 19.7. The zero-order chi connectivity index (χ0) is 23.8. The van der Waals surface area contributed by atoms with Crippen molar-refractivity contribution in [3.8, 4) is 5.75 Å². The summed E-state index contributed by atoms with van der Waals surface area (Å²) >= 11 is 6.16. The molecule has 2 heterocycles. The molecule has 2 aliphatic heterocycles. The van der Waals surface area contributed by atoms with E-state index in [4.69, 9.17) is 21.1 Å². The maximum absolute atomic E-state index is 13.2. The Bertz CT molecular complexity index is 1200. The van der Waals surface area contributed by atoms with Crippen LogP contribution in [0.15, 0.2) is 41.3 Å². The van der Waals surface area contributed by atoms with Gasteiger partial charge in [-0.1, -0.05) is 17.7 Å². The zero-order valence-corrected chi connectivity index (χ0v) is 19.8. The van der Waals surface area contributed by atoms with Crippen molar-refractivity contribution in [2.45, 2.75) is 24.3 Å². The van der Waals surface area contributed by atoms with Crippen molar-refractivity contribution >= 4 is 44.8 Å². The third-order valence-electron chi connectivity index (χ3n) is 5.65. The Morgan fingerprint density at radius 2 is 1.85 bits per heavy atom. The number of anilines is 2. The largest absolute Gasteiger partial charge is 0.495 e. The molecule has 0 bridgehead atoms.